The molecule has 0 aromatic heterocycles. The van der Waals surface area contributed by atoms with Gasteiger partial charge in [0.05, 0.1) is 5.75 Å². The first-order valence-electron chi connectivity index (χ1n) is 3.75. The van der Waals surface area contributed by atoms with E-state index in [4.69, 9.17) is 0 Å². The maximum absolute atomic E-state index is 12.2. The van der Waals surface area contributed by atoms with Crippen molar-refractivity contribution in [3.8, 4) is 0 Å². The van der Waals surface area contributed by atoms with Gasteiger partial charge >= 0.3 is 10.2 Å². The number of rotatable bonds is 2. The molecule has 0 saturated heterocycles. The Hall–Kier alpha value is -0.120. The molecule has 2 bridgehead atoms. The van der Waals surface area contributed by atoms with Crippen molar-refractivity contribution >= 4 is 10.2 Å². The Kier molecular flexibility index (Phi) is 1.11. The highest BCUT2D eigenvalue weighted by Crippen LogP contribution is 2.73. The predicted octanol–water partition coefficient (Wildman–Crippen LogP) is 1.48. The quantitative estimate of drug-likeness (QED) is 0.600. The van der Waals surface area contributed by atoms with Gasteiger partial charge in [0.15, 0.2) is 0 Å². The van der Waals surface area contributed by atoms with E-state index in [1.165, 1.54) is 0 Å². The van der Waals surface area contributed by atoms with Crippen LogP contribution >= 0.6 is 0 Å². The highest BCUT2D eigenvalue weighted by Gasteiger charge is 2.66. The molecule has 3 aliphatic rings. The lowest BCUT2D eigenvalue weighted by molar-refractivity contribution is -0.173. The standard InChI is InChI=1S/C7H11FO2S/c1-6-2-7(3-6,4-6)5-11(8,9)10/h2-5H2,1H3. The van der Waals surface area contributed by atoms with Crippen LogP contribution < -0.4 is 0 Å². The van der Waals surface area contributed by atoms with E-state index < -0.39 is 10.2 Å². The molecule has 0 aromatic carbocycles. The van der Waals surface area contributed by atoms with Gasteiger partial charge in [0.1, 0.15) is 0 Å². The SMILES string of the molecule is CC12CC(CS(=O)(=O)F)(C1)C2. The second-order valence-corrected chi connectivity index (χ2v) is 5.89. The lowest BCUT2D eigenvalue weighted by Crippen LogP contribution is -2.62. The maximum Gasteiger partial charge on any atom is 0.302 e. The Morgan fingerprint density at radius 3 is 2.09 bits per heavy atom. The number of hydrogen-bond acceptors (Lipinski definition) is 2. The molecule has 64 valence electrons. The molecule has 0 aliphatic heterocycles. The Balaban J connectivity index is 2.02. The molecule has 0 heterocycles. The second-order valence-electron chi connectivity index (χ2n) is 4.52. The summed E-state index contributed by atoms with van der Waals surface area (Å²) in [6.07, 6.45) is 2.72. The van der Waals surface area contributed by atoms with Crippen LogP contribution in [0.3, 0.4) is 0 Å². The van der Waals surface area contributed by atoms with Crippen molar-refractivity contribution in [2.75, 3.05) is 5.75 Å². The van der Waals surface area contributed by atoms with Crippen molar-refractivity contribution in [3.05, 3.63) is 0 Å². The molecule has 3 rings (SSSR count). The average Bonchev–Trinajstić information content (AvgIpc) is 1.53. The second kappa shape index (κ2) is 1.63. The zero-order valence-corrected chi connectivity index (χ0v) is 7.25. The van der Waals surface area contributed by atoms with Crippen molar-refractivity contribution in [2.45, 2.75) is 26.2 Å². The van der Waals surface area contributed by atoms with E-state index in [0.29, 0.717) is 5.41 Å². The van der Waals surface area contributed by atoms with Crippen LogP contribution in [0.1, 0.15) is 26.2 Å². The van der Waals surface area contributed by atoms with E-state index in [1.54, 1.807) is 0 Å². The third-order valence-corrected chi connectivity index (χ3v) is 3.84. The Morgan fingerprint density at radius 1 is 1.36 bits per heavy atom. The van der Waals surface area contributed by atoms with E-state index in [1.807, 2.05) is 0 Å². The molecule has 4 heteroatoms. The molecule has 0 radical (unpaired) electrons. The van der Waals surface area contributed by atoms with Crippen molar-refractivity contribution in [2.24, 2.45) is 10.8 Å². The largest absolute Gasteiger partial charge is 0.302 e. The summed E-state index contributed by atoms with van der Waals surface area (Å²) < 4.78 is 32.8. The van der Waals surface area contributed by atoms with Crippen molar-refractivity contribution in [1.82, 2.24) is 0 Å². The van der Waals surface area contributed by atoms with Crippen molar-refractivity contribution in [1.29, 1.82) is 0 Å². The predicted molar refractivity (Wildman–Crippen MR) is 39.3 cm³/mol. The molecular weight excluding hydrogens is 167 g/mol. The average molecular weight is 178 g/mol. The van der Waals surface area contributed by atoms with Gasteiger partial charge in [-0.15, -0.1) is 3.89 Å². The Bertz CT molecular complexity index is 274. The summed E-state index contributed by atoms with van der Waals surface area (Å²) in [5.74, 6) is -0.240. The maximum atomic E-state index is 12.2. The normalized spacial score (nSPS) is 47.8. The fraction of sp³-hybridized carbons (Fsp3) is 1.00. The van der Waals surface area contributed by atoms with Crippen LogP contribution in [0.25, 0.3) is 0 Å². The molecule has 0 unspecified atom stereocenters. The van der Waals surface area contributed by atoms with Gasteiger partial charge in [0.2, 0.25) is 0 Å². The van der Waals surface area contributed by atoms with Gasteiger partial charge in [-0.25, -0.2) is 0 Å². The molecule has 3 fully saturated rings. The molecule has 2 nitrogen and oxygen atoms in total. The highest BCUT2D eigenvalue weighted by atomic mass is 32.3. The van der Waals surface area contributed by atoms with Gasteiger partial charge in [0, 0.05) is 0 Å². The van der Waals surface area contributed by atoms with Crippen molar-refractivity contribution < 1.29 is 12.3 Å². The minimum atomic E-state index is -4.23. The molecule has 0 N–H and O–H groups in total. The summed E-state index contributed by atoms with van der Waals surface area (Å²) in [7, 11) is -4.23. The van der Waals surface area contributed by atoms with Crippen molar-refractivity contribution in [3.63, 3.8) is 0 Å². The van der Waals surface area contributed by atoms with E-state index in [0.717, 1.165) is 19.3 Å². The summed E-state index contributed by atoms with van der Waals surface area (Å²) in [6.45, 7) is 2.12. The van der Waals surface area contributed by atoms with Crippen LogP contribution in [0.15, 0.2) is 0 Å². The molecular formula is C7H11FO2S. The summed E-state index contributed by atoms with van der Waals surface area (Å²) in [4.78, 5) is 0. The van der Waals surface area contributed by atoms with Crippen LogP contribution in [0.2, 0.25) is 0 Å². The van der Waals surface area contributed by atoms with Crippen LogP contribution in [0.4, 0.5) is 3.89 Å². The molecule has 3 saturated carbocycles. The van der Waals surface area contributed by atoms with Crippen LogP contribution in [-0.4, -0.2) is 14.2 Å². The molecule has 3 aliphatic carbocycles. The van der Waals surface area contributed by atoms with Crippen LogP contribution in [0, 0.1) is 10.8 Å². The van der Waals surface area contributed by atoms with Gasteiger partial charge in [-0.2, -0.15) is 8.42 Å². The fourth-order valence-corrected chi connectivity index (χ4v) is 4.12. The lowest BCUT2D eigenvalue weighted by Gasteiger charge is -2.69. The van der Waals surface area contributed by atoms with Crippen LogP contribution in [-0.2, 0) is 10.2 Å². The summed E-state index contributed by atoms with van der Waals surface area (Å²) in [5.41, 5.74) is 0.215. The number of hydrogen-bond donors (Lipinski definition) is 0. The molecule has 0 atom stereocenters. The first-order valence-corrected chi connectivity index (χ1v) is 5.30. The minimum absolute atomic E-state index is 0.150. The van der Waals surface area contributed by atoms with Crippen LogP contribution in [0.5, 0.6) is 0 Å². The topological polar surface area (TPSA) is 34.1 Å². The van der Waals surface area contributed by atoms with E-state index in [9.17, 15) is 12.3 Å². The molecule has 0 amide bonds. The molecule has 0 aromatic rings. The van der Waals surface area contributed by atoms with Gasteiger partial charge < -0.3 is 0 Å². The summed E-state index contributed by atoms with van der Waals surface area (Å²) in [5, 5.41) is 0. The third-order valence-electron chi connectivity index (χ3n) is 2.88. The Morgan fingerprint density at radius 2 is 1.82 bits per heavy atom. The van der Waals surface area contributed by atoms with E-state index in [-0.39, 0.29) is 11.2 Å². The molecule has 0 spiro atoms. The van der Waals surface area contributed by atoms with Gasteiger partial charge in [0.25, 0.3) is 0 Å². The summed E-state index contributed by atoms with van der Waals surface area (Å²) >= 11 is 0. The fourth-order valence-electron chi connectivity index (χ4n) is 3.08. The minimum Gasteiger partial charge on any atom is -0.195 e. The van der Waals surface area contributed by atoms with Gasteiger partial charge in [-0.3, -0.25) is 0 Å². The first kappa shape index (κ1) is 7.53. The van der Waals surface area contributed by atoms with E-state index in [2.05, 4.69) is 6.92 Å². The smallest absolute Gasteiger partial charge is 0.195 e. The van der Waals surface area contributed by atoms with Gasteiger partial charge in [-0.05, 0) is 30.1 Å². The first-order chi connectivity index (χ1) is 4.83. The highest BCUT2D eigenvalue weighted by molar-refractivity contribution is 7.86. The molecule has 11 heavy (non-hydrogen) atoms. The zero-order chi connectivity index (χ0) is 8.33. The number of halogens is 1. The van der Waals surface area contributed by atoms with E-state index >= 15 is 0 Å². The Labute approximate surface area is 66.0 Å². The zero-order valence-electron chi connectivity index (χ0n) is 6.43. The monoisotopic (exact) mass is 178 g/mol. The third kappa shape index (κ3) is 1.08. The lowest BCUT2D eigenvalue weighted by atomic mass is 9.37. The summed E-state index contributed by atoms with van der Waals surface area (Å²) in [6, 6.07) is 0. The van der Waals surface area contributed by atoms with Gasteiger partial charge in [-0.1, -0.05) is 6.92 Å².